The fourth-order valence-electron chi connectivity index (χ4n) is 3.09. The van der Waals surface area contributed by atoms with Crippen molar-refractivity contribution in [3.63, 3.8) is 0 Å². The number of hydrogen-bond acceptors (Lipinski definition) is 3. The van der Waals surface area contributed by atoms with Gasteiger partial charge in [0, 0.05) is 24.3 Å². The summed E-state index contributed by atoms with van der Waals surface area (Å²) in [5.74, 6) is 0.398. The number of piperazine rings is 1. The Bertz CT molecular complexity index is 855. The molecule has 0 unspecified atom stereocenters. The maximum Gasteiger partial charge on any atom is 0.254 e. The van der Waals surface area contributed by atoms with Crippen LogP contribution in [0.25, 0.3) is 0 Å². The van der Waals surface area contributed by atoms with Gasteiger partial charge in [0.15, 0.2) is 0 Å². The van der Waals surface area contributed by atoms with Gasteiger partial charge in [-0.05, 0) is 56.3 Å². The van der Waals surface area contributed by atoms with E-state index in [2.05, 4.69) is 0 Å². The summed E-state index contributed by atoms with van der Waals surface area (Å²) >= 11 is 11.9. The predicted octanol–water partition coefficient (Wildman–Crippen LogP) is 4.27. The number of benzene rings is 2. The quantitative estimate of drug-likeness (QED) is 0.761. The molecule has 5 nitrogen and oxygen atoms in total. The van der Waals surface area contributed by atoms with E-state index in [1.807, 2.05) is 31.2 Å². The summed E-state index contributed by atoms with van der Waals surface area (Å²) in [6.07, 6.45) is 0. The SMILES string of the molecule is CCOc1ccc(N2CCN(C(=O)c3ccc(Cl)c(Cl)c3)[C@@H](C)C2=O)cc1. The van der Waals surface area contributed by atoms with Gasteiger partial charge in [-0.15, -0.1) is 0 Å². The first kappa shape index (κ1) is 19.5. The molecule has 0 aromatic heterocycles. The zero-order chi connectivity index (χ0) is 19.6. The highest BCUT2D eigenvalue weighted by Crippen LogP contribution is 2.26. The molecule has 3 rings (SSSR count). The molecule has 0 aliphatic carbocycles. The number of nitrogens with zero attached hydrogens (tertiary/aromatic N) is 2. The van der Waals surface area contributed by atoms with Gasteiger partial charge < -0.3 is 14.5 Å². The first-order valence-electron chi connectivity index (χ1n) is 8.72. The van der Waals surface area contributed by atoms with Crippen molar-refractivity contribution >= 4 is 40.7 Å². The van der Waals surface area contributed by atoms with Crippen LogP contribution in [-0.2, 0) is 4.79 Å². The number of anilines is 1. The Kier molecular flexibility index (Phi) is 5.92. The topological polar surface area (TPSA) is 49.9 Å². The minimum Gasteiger partial charge on any atom is -0.494 e. The van der Waals surface area contributed by atoms with Crippen molar-refractivity contribution in [3.05, 3.63) is 58.1 Å². The normalized spacial score (nSPS) is 17.2. The second-order valence-corrected chi connectivity index (χ2v) is 7.03. The van der Waals surface area contributed by atoms with Crippen LogP contribution in [-0.4, -0.2) is 42.5 Å². The second kappa shape index (κ2) is 8.19. The lowest BCUT2D eigenvalue weighted by Gasteiger charge is -2.39. The fourth-order valence-corrected chi connectivity index (χ4v) is 3.39. The molecule has 7 heteroatoms. The minimum atomic E-state index is -0.577. The third-order valence-corrected chi connectivity index (χ3v) is 5.28. The van der Waals surface area contributed by atoms with Crippen molar-refractivity contribution < 1.29 is 14.3 Å². The van der Waals surface area contributed by atoms with Gasteiger partial charge in [-0.1, -0.05) is 23.2 Å². The van der Waals surface area contributed by atoms with E-state index in [1.165, 1.54) is 6.07 Å². The lowest BCUT2D eigenvalue weighted by molar-refractivity contribution is -0.124. The number of ether oxygens (including phenoxy) is 1. The zero-order valence-corrected chi connectivity index (χ0v) is 16.6. The Labute approximate surface area is 168 Å². The van der Waals surface area contributed by atoms with Crippen molar-refractivity contribution in [2.45, 2.75) is 19.9 Å². The van der Waals surface area contributed by atoms with Crippen molar-refractivity contribution in [1.29, 1.82) is 0 Å². The minimum absolute atomic E-state index is 0.126. The highest BCUT2D eigenvalue weighted by molar-refractivity contribution is 6.42. The van der Waals surface area contributed by atoms with Crippen molar-refractivity contribution in [2.75, 3.05) is 24.6 Å². The van der Waals surface area contributed by atoms with Gasteiger partial charge >= 0.3 is 0 Å². The molecule has 1 heterocycles. The van der Waals surface area contributed by atoms with E-state index in [0.29, 0.717) is 35.3 Å². The van der Waals surface area contributed by atoms with Crippen LogP contribution in [0.3, 0.4) is 0 Å². The van der Waals surface area contributed by atoms with Crippen LogP contribution in [0.1, 0.15) is 24.2 Å². The lowest BCUT2D eigenvalue weighted by atomic mass is 10.1. The summed E-state index contributed by atoms with van der Waals surface area (Å²) in [7, 11) is 0. The Morgan fingerprint density at radius 3 is 2.44 bits per heavy atom. The monoisotopic (exact) mass is 406 g/mol. The van der Waals surface area contributed by atoms with Crippen LogP contribution < -0.4 is 9.64 Å². The Balaban J connectivity index is 1.75. The highest BCUT2D eigenvalue weighted by atomic mass is 35.5. The molecule has 27 heavy (non-hydrogen) atoms. The fraction of sp³-hybridized carbons (Fsp3) is 0.300. The summed E-state index contributed by atoms with van der Waals surface area (Å²) in [6.45, 7) is 5.09. The summed E-state index contributed by atoms with van der Waals surface area (Å²) in [6, 6.07) is 11.5. The van der Waals surface area contributed by atoms with Gasteiger partial charge in [0.1, 0.15) is 11.8 Å². The van der Waals surface area contributed by atoms with Crippen molar-refractivity contribution in [1.82, 2.24) is 4.90 Å². The summed E-state index contributed by atoms with van der Waals surface area (Å²) in [4.78, 5) is 28.9. The first-order chi connectivity index (χ1) is 12.9. The van der Waals surface area contributed by atoms with Crippen LogP contribution in [0, 0.1) is 0 Å². The molecule has 0 bridgehead atoms. The Morgan fingerprint density at radius 2 is 1.81 bits per heavy atom. The van der Waals surface area contributed by atoms with Crippen LogP contribution >= 0.6 is 23.2 Å². The molecule has 142 valence electrons. The van der Waals surface area contributed by atoms with Crippen LogP contribution in [0.2, 0.25) is 10.0 Å². The average molecular weight is 407 g/mol. The molecule has 1 fully saturated rings. The highest BCUT2D eigenvalue weighted by Gasteiger charge is 2.35. The molecule has 0 saturated carbocycles. The number of amides is 2. The van der Waals surface area contributed by atoms with Crippen molar-refractivity contribution in [3.8, 4) is 5.75 Å². The third kappa shape index (κ3) is 4.04. The van der Waals surface area contributed by atoms with E-state index in [4.69, 9.17) is 27.9 Å². The molecule has 2 amide bonds. The van der Waals surface area contributed by atoms with Crippen LogP contribution in [0.5, 0.6) is 5.75 Å². The Hall–Kier alpha value is -2.24. The van der Waals surface area contributed by atoms with Gasteiger partial charge in [-0.25, -0.2) is 0 Å². The van der Waals surface area contributed by atoms with E-state index in [9.17, 15) is 9.59 Å². The number of carbonyl (C=O) groups excluding carboxylic acids is 2. The molecule has 2 aromatic carbocycles. The second-order valence-electron chi connectivity index (χ2n) is 6.22. The third-order valence-electron chi connectivity index (χ3n) is 4.54. The standard InChI is InChI=1S/C20H20Cl2N2O3/c1-3-27-16-7-5-15(6-8-16)24-11-10-23(13(2)19(24)25)20(26)14-4-9-17(21)18(22)12-14/h4-9,12-13H,3,10-11H2,1-2H3/t13-/m0/s1. The van der Waals surface area contributed by atoms with E-state index < -0.39 is 6.04 Å². The Morgan fingerprint density at radius 1 is 1.11 bits per heavy atom. The maximum atomic E-state index is 12.9. The van der Waals surface area contributed by atoms with Crippen LogP contribution in [0.4, 0.5) is 5.69 Å². The summed E-state index contributed by atoms with van der Waals surface area (Å²) in [5.41, 5.74) is 1.20. The largest absolute Gasteiger partial charge is 0.494 e. The van der Waals surface area contributed by atoms with E-state index >= 15 is 0 Å². The smallest absolute Gasteiger partial charge is 0.254 e. The molecule has 0 spiro atoms. The summed E-state index contributed by atoms with van der Waals surface area (Å²) < 4.78 is 5.44. The molecule has 1 aliphatic heterocycles. The van der Waals surface area contributed by atoms with Gasteiger partial charge in [0.05, 0.1) is 16.7 Å². The first-order valence-corrected chi connectivity index (χ1v) is 9.48. The van der Waals surface area contributed by atoms with Gasteiger partial charge in [0.25, 0.3) is 5.91 Å². The molecule has 2 aromatic rings. The van der Waals surface area contributed by atoms with Gasteiger partial charge in [-0.2, -0.15) is 0 Å². The van der Waals surface area contributed by atoms with Crippen LogP contribution in [0.15, 0.2) is 42.5 Å². The van der Waals surface area contributed by atoms with Crippen molar-refractivity contribution in [2.24, 2.45) is 0 Å². The van der Waals surface area contributed by atoms with E-state index in [0.717, 1.165) is 11.4 Å². The zero-order valence-electron chi connectivity index (χ0n) is 15.1. The number of rotatable bonds is 4. The molecule has 1 aliphatic rings. The molecular weight excluding hydrogens is 387 g/mol. The summed E-state index contributed by atoms with van der Waals surface area (Å²) in [5, 5.41) is 0.701. The van der Waals surface area contributed by atoms with E-state index in [-0.39, 0.29) is 11.8 Å². The molecule has 1 saturated heterocycles. The maximum absolute atomic E-state index is 12.9. The van der Waals surface area contributed by atoms with Gasteiger partial charge in [0.2, 0.25) is 5.91 Å². The average Bonchev–Trinajstić information content (AvgIpc) is 2.67. The molecule has 1 atom stereocenters. The lowest BCUT2D eigenvalue weighted by Crippen LogP contribution is -2.57. The number of carbonyl (C=O) groups is 2. The van der Waals surface area contributed by atoms with Gasteiger partial charge in [-0.3, -0.25) is 9.59 Å². The molecule has 0 N–H and O–H groups in total. The molecular formula is C20H20Cl2N2O3. The number of halogens is 2. The van der Waals surface area contributed by atoms with E-state index in [1.54, 1.807) is 28.9 Å². The number of hydrogen-bond donors (Lipinski definition) is 0. The predicted molar refractivity (Wildman–Crippen MR) is 107 cm³/mol. The molecule has 0 radical (unpaired) electrons.